The summed E-state index contributed by atoms with van der Waals surface area (Å²) in [5.74, 6) is 0.870. The molecule has 0 aromatic heterocycles. The van der Waals surface area contributed by atoms with E-state index >= 15 is 0 Å². The van der Waals surface area contributed by atoms with Crippen LogP contribution < -0.4 is 17.1 Å². The van der Waals surface area contributed by atoms with Gasteiger partial charge in [0.25, 0.3) is 0 Å². The molecule has 0 radical (unpaired) electrons. The Hall–Kier alpha value is -2.33. The van der Waals surface area contributed by atoms with Gasteiger partial charge in [-0.25, -0.2) is 0 Å². The highest BCUT2D eigenvalue weighted by Crippen LogP contribution is 2.35. The molecule has 30 heavy (non-hydrogen) atoms. The summed E-state index contributed by atoms with van der Waals surface area (Å²) < 4.78 is 6.20. The minimum absolute atomic E-state index is 0. The van der Waals surface area contributed by atoms with Gasteiger partial charge in [-0.1, -0.05) is 72.8 Å². The Kier molecular flexibility index (Phi) is 7.54. The molecule has 1 aliphatic rings. The number of methoxy groups -OCH3 is 1. The van der Waals surface area contributed by atoms with Gasteiger partial charge in [0.2, 0.25) is 0 Å². The Labute approximate surface area is 185 Å². The zero-order chi connectivity index (χ0) is 20.1. The molecule has 1 aliphatic heterocycles. The lowest BCUT2D eigenvalue weighted by Crippen LogP contribution is -3.00. The van der Waals surface area contributed by atoms with Gasteiger partial charge < -0.3 is 26.7 Å². The monoisotopic (exact) mass is 423 g/mol. The molecule has 4 heteroatoms. The lowest BCUT2D eigenvalue weighted by Gasteiger charge is -2.41. The maximum absolute atomic E-state index is 11.0. The molecule has 1 saturated heterocycles. The highest BCUT2D eigenvalue weighted by molar-refractivity contribution is 5.28. The highest BCUT2D eigenvalue weighted by Gasteiger charge is 2.47. The van der Waals surface area contributed by atoms with Crippen molar-refractivity contribution in [3.63, 3.8) is 0 Å². The fourth-order valence-corrected chi connectivity index (χ4v) is 4.79. The average Bonchev–Trinajstić information content (AvgIpc) is 3.05. The number of aliphatic hydroxyl groups is 1. The summed E-state index contributed by atoms with van der Waals surface area (Å²) in [6.45, 7) is 2.87. The number of nitrogens with zero attached hydrogens (tertiary/aromatic N) is 1. The fourth-order valence-electron chi connectivity index (χ4n) is 4.79. The number of benzene rings is 3. The van der Waals surface area contributed by atoms with Crippen LogP contribution >= 0.6 is 0 Å². The number of hydrogen-bond donors (Lipinski definition) is 1. The van der Waals surface area contributed by atoms with Crippen LogP contribution in [0.4, 0.5) is 0 Å². The molecule has 0 unspecified atom stereocenters. The Morgan fingerprint density at radius 2 is 1.33 bits per heavy atom. The summed E-state index contributed by atoms with van der Waals surface area (Å²) >= 11 is 0. The van der Waals surface area contributed by atoms with E-state index in [0.29, 0.717) is 0 Å². The molecule has 3 aromatic carbocycles. The largest absolute Gasteiger partial charge is 1.00 e. The molecule has 3 aromatic rings. The van der Waals surface area contributed by atoms with E-state index in [2.05, 4.69) is 72.8 Å². The first-order valence-electron chi connectivity index (χ1n) is 10.4. The minimum Gasteiger partial charge on any atom is -1.00 e. The number of halogens is 1. The zero-order valence-electron chi connectivity index (χ0n) is 17.5. The Morgan fingerprint density at radius 3 is 1.83 bits per heavy atom. The third-order valence-electron chi connectivity index (χ3n) is 6.30. The van der Waals surface area contributed by atoms with E-state index in [-0.39, 0.29) is 24.6 Å². The fraction of sp³-hybridized carbons (Fsp3) is 0.308. The summed E-state index contributed by atoms with van der Waals surface area (Å²) in [6, 6.07) is 29.9. The van der Waals surface area contributed by atoms with Crippen LogP contribution in [0, 0.1) is 0 Å². The third kappa shape index (κ3) is 5.04. The number of ether oxygens (including phenoxy) is 1. The summed E-state index contributed by atoms with van der Waals surface area (Å²) in [5, 5.41) is 11.0. The predicted molar refractivity (Wildman–Crippen MR) is 117 cm³/mol. The first-order chi connectivity index (χ1) is 14.2. The van der Waals surface area contributed by atoms with Gasteiger partial charge in [-0.15, -0.1) is 0 Å². The van der Waals surface area contributed by atoms with Crippen LogP contribution in [0.5, 0.6) is 5.75 Å². The summed E-state index contributed by atoms with van der Waals surface area (Å²) in [5.41, 5.74) is 3.91. The van der Waals surface area contributed by atoms with E-state index in [0.717, 1.165) is 42.7 Å². The van der Waals surface area contributed by atoms with Crippen LogP contribution in [-0.2, 0) is 19.5 Å². The topological polar surface area (TPSA) is 29.5 Å². The zero-order valence-corrected chi connectivity index (χ0v) is 18.2. The molecule has 0 spiro atoms. The summed E-state index contributed by atoms with van der Waals surface area (Å²) in [4.78, 5) is 0. The molecular weight excluding hydrogens is 394 g/mol. The highest BCUT2D eigenvalue weighted by atomic mass is 35.5. The molecular formula is C26H30ClNO2. The lowest BCUT2D eigenvalue weighted by molar-refractivity contribution is -0.965. The van der Waals surface area contributed by atoms with Gasteiger partial charge in [0, 0.05) is 24.0 Å². The molecule has 158 valence electrons. The van der Waals surface area contributed by atoms with Crippen LogP contribution in [0.3, 0.4) is 0 Å². The standard InChI is InChI=1S/C26H30NO2.ClH/c1-29-24-14-12-21(13-15-24)18-25-26(28)16-17-27(25,19-22-8-4-2-5-9-22)20-23-10-6-3-7-11-23;/h2-15,25-26,28H,16-20H2,1H3;1H/q+1;/p-1/t25-,26-;/m1./s1. The van der Waals surface area contributed by atoms with Crippen molar-refractivity contribution < 1.29 is 26.7 Å². The Morgan fingerprint density at radius 1 is 0.800 bits per heavy atom. The first kappa shape index (κ1) is 22.4. The van der Waals surface area contributed by atoms with Crippen molar-refractivity contribution in [3.05, 3.63) is 102 Å². The van der Waals surface area contributed by atoms with Gasteiger partial charge in [0.05, 0.1) is 13.7 Å². The maximum Gasteiger partial charge on any atom is 0.120 e. The molecule has 3 nitrogen and oxygen atoms in total. The molecule has 4 rings (SSSR count). The molecule has 1 heterocycles. The van der Waals surface area contributed by atoms with Crippen LogP contribution in [0.2, 0.25) is 0 Å². The van der Waals surface area contributed by atoms with Crippen LogP contribution in [0.25, 0.3) is 0 Å². The van der Waals surface area contributed by atoms with Gasteiger partial charge in [0.1, 0.15) is 31.0 Å². The molecule has 0 aliphatic carbocycles. The molecule has 1 fully saturated rings. The van der Waals surface area contributed by atoms with Gasteiger partial charge in [-0.3, -0.25) is 0 Å². The quantitative estimate of drug-likeness (QED) is 0.585. The molecule has 2 atom stereocenters. The van der Waals surface area contributed by atoms with E-state index in [1.165, 1.54) is 16.7 Å². The number of likely N-dealkylation sites (tertiary alicyclic amines) is 1. The number of aliphatic hydroxyl groups excluding tert-OH is 1. The van der Waals surface area contributed by atoms with E-state index in [4.69, 9.17) is 4.74 Å². The van der Waals surface area contributed by atoms with Crippen LogP contribution in [0.15, 0.2) is 84.9 Å². The van der Waals surface area contributed by atoms with Crippen LogP contribution in [-0.4, -0.2) is 35.4 Å². The lowest BCUT2D eigenvalue weighted by atomic mass is 9.98. The Balaban J connectivity index is 0.00000256. The number of hydrogen-bond acceptors (Lipinski definition) is 2. The second-order valence-corrected chi connectivity index (χ2v) is 8.21. The van der Waals surface area contributed by atoms with Crippen molar-refractivity contribution >= 4 is 0 Å². The first-order valence-corrected chi connectivity index (χ1v) is 10.4. The normalized spacial score (nSPS) is 19.8. The Bertz CT molecular complexity index is 858. The molecule has 0 bridgehead atoms. The number of quaternary nitrogens is 1. The second kappa shape index (κ2) is 10.1. The van der Waals surface area contributed by atoms with Gasteiger partial charge in [-0.2, -0.15) is 0 Å². The molecule has 0 saturated carbocycles. The summed E-state index contributed by atoms with van der Waals surface area (Å²) in [7, 11) is 1.69. The predicted octanol–water partition coefficient (Wildman–Crippen LogP) is 1.59. The van der Waals surface area contributed by atoms with E-state index in [1.807, 2.05) is 12.1 Å². The van der Waals surface area contributed by atoms with Crippen molar-refractivity contribution in [1.29, 1.82) is 0 Å². The van der Waals surface area contributed by atoms with Crippen LogP contribution in [0.1, 0.15) is 23.1 Å². The smallest absolute Gasteiger partial charge is 0.120 e. The van der Waals surface area contributed by atoms with Crippen molar-refractivity contribution in [2.75, 3.05) is 13.7 Å². The maximum atomic E-state index is 11.0. The molecule has 0 amide bonds. The van der Waals surface area contributed by atoms with E-state index in [1.54, 1.807) is 7.11 Å². The number of rotatable bonds is 7. The van der Waals surface area contributed by atoms with Gasteiger partial charge in [0.15, 0.2) is 0 Å². The van der Waals surface area contributed by atoms with Crippen molar-refractivity contribution in [3.8, 4) is 5.75 Å². The third-order valence-corrected chi connectivity index (χ3v) is 6.30. The average molecular weight is 424 g/mol. The van der Waals surface area contributed by atoms with E-state index < -0.39 is 0 Å². The van der Waals surface area contributed by atoms with Crippen molar-refractivity contribution in [2.24, 2.45) is 0 Å². The second-order valence-electron chi connectivity index (χ2n) is 8.21. The summed E-state index contributed by atoms with van der Waals surface area (Å²) in [6.07, 6.45) is 1.43. The van der Waals surface area contributed by atoms with Gasteiger partial charge in [-0.05, 0) is 17.7 Å². The van der Waals surface area contributed by atoms with Crippen molar-refractivity contribution in [1.82, 2.24) is 0 Å². The van der Waals surface area contributed by atoms with Crippen molar-refractivity contribution in [2.45, 2.75) is 38.1 Å². The van der Waals surface area contributed by atoms with Gasteiger partial charge >= 0.3 is 0 Å². The minimum atomic E-state index is -0.287. The van der Waals surface area contributed by atoms with E-state index in [9.17, 15) is 5.11 Å². The molecule has 1 N–H and O–H groups in total. The SMILES string of the molecule is COc1ccc(C[C@@H]2[C@H](O)CC[N+]2(Cc2ccccc2)Cc2ccccc2)cc1.[Cl-].